The van der Waals surface area contributed by atoms with Gasteiger partial charge in [0.2, 0.25) is 10.0 Å². The van der Waals surface area contributed by atoms with Gasteiger partial charge in [-0.25, -0.2) is 13.1 Å². The summed E-state index contributed by atoms with van der Waals surface area (Å²) in [6.07, 6.45) is 1.04. The third kappa shape index (κ3) is 2.91. The van der Waals surface area contributed by atoms with Crippen molar-refractivity contribution in [1.29, 1.82) is 0 Å². The first-order valence-corrected chi connectivity index (χ1v) is 8.09. The molecule has 1 saturated carbocycles. The molecule has 0 bridgehead atoms. The van der Waals surface area contributed by atoms with Gasteiger partial charge >= 0.3 is 0 Å². The van der Waals surface area contributed by atoms with Crippen LogP contribution in [0.2, 0.25) is 0 Å². The Morgan fingerprint density at radius 1 is 1.45 bits per heavy atom. The molecule has 0 radical (unpaired) electrons. The minimum Gasteiger partial charge on any atom is -0.495 e. The van der Waals surface area contributed by atoms with Gasteiger partial charge in [-0.1, -0.05) is 13.8 Å². The van der Waals surface area contributed by atoms with Crippen LogP contribution in [0.25, 0.3) is 0 Å². The van der Waals surface area contributed by atoms with Gasteiger partial charge in [-0.05, 0) is 42.4 Å². The fourth-order valence-corrected chi connectivity index (χ4v) is 3.52. The molecule has 2 rings (SSSR count). The molecule has 0 aliphatic heterocycles. The Labute approximate surface area is 120 Å². The van der Waals surface area contributed by atoms with Crippen molar-refractivity contribution in [2.45, 2.75) is 32.1 Å². The third-order valence-corrected chi connectivity index (χ3v) is 5.52. The molecule has 1 atom stereocenters. The number of methoxy groups -OCH3 is 1. The largest absolute Gasteiger partial charge is 0.495 e. The lowest BCUT2D eigenvalue weighted by atomic mass is 10.1. The van der Waals surface area contributed by atoms with Gasteiger partial charge in [0.1, 0.15) is 10.6 Å². The van der Waals surface area contributed by atoms with E-state index in [1.807, 2.05) is 6.92 Å². The predicted molar refractivity (Wildman–Crippen MR) is 79.2 cm³/mol. The molecule has 1 aliphatic carbocycles. The molecule has 1 aromatic carbocycles. The first-order valence-electron chi connectivity index (χ1n) is 6.61. The van der Waals surface area contributed by atoms with Gasteiger partial charge < -0.3 is 10.5 Å². The fourth-order valence-electron chi connectivity index (χ4n) is 2.26. The monoisotopic (exact) mass is 298 g/mol. The maximum Gasteiger partial charge on any atom is 0.244 e. The summed E-state index contributed by atoms with van der Waals surface area (Å²) in [6.45, 7) is 6.54. The van der Waals surface area contributed by atoms with Crippen LogP contribution in [0, 0.1) is 18.3 Å². The van der Waals surface area contributed by atoms with E-state index in [1.165, 1.54) is 13.2 Å². The molecule has 1 unspecified atom stereocenters. The second kappa shape index (κ2) is 4.93. The number of sulfonamides is 1. The topological polar surface area (TPSA) is 81.4 Å². The Hall–Kier alpha value is -1.27. The Bertz CT molecular complexity index is 624. The number of nitrogen functional groups attached to an aromatic ring is 1. The number of anilines is 1. The van der Waals surface area contributed by atoms with E-state index < -0.39 is 10.0 Å². The van der Waals surface area contributed by atoms with Crippen LogP contribution in [-0.2, 0) is 10.0 Å². The molecule has 0 aromatic heterocycles. The highest BCUT2D eigenvalue weighted by Crippen LogP contribution is 2.51. The van der Waals surface area contributed by atoms with Crippen molar-refractivity contribution in [2.75, 3.05) is 19.4 Å². The minimum absolute atomic E-state index is 0.0987. The van der Waals surface area contributed by atoms with E-state index in [0.29, 0.717) is 23.9 Å². The second-order valence-electron chi connectivity index (χ2n) is 6.10. The lowest BCUT2D eigenvalue weighted by molar-refractivity contribution is 0.402. The molecule has 0 amide bonds. The van der Waals surface area contributed by atoms with E-state index in [-0.39, 0.29) is 10.3 Å². The van der Waals surface area contributed by atoms with Gasteiger partial charge in [-0.15, -0.1) is 0 Å². The summed E-state index contributed by atoms with van der Waals surface area (Å²) in [7, 11) is -2.15. The highest BCUT2D eigenvalue weighted by Gasteiger charge is 2.45. The molecule has 0 spiro atoms. The van der Waals surface area contributed by atoms with Crippen molar-refractivity contribution in [3.8, 4) is 5.75 Å². The molecule has 1 fully saturated rings. The summed E-state index contributed by atoms with van der Waals surface area (Å²) < 4.78 is 32.6. The van der Waals surface area contributed by atoms with Crippen molar-refractivity contribution >= 4 is 15.7 Å². The number of rotatable bonds is 5. The average molecular weight is 298 g/mol. The normalized spacial score (nSPS) is 20.7. The molecule has 0 saturated heterocycles. The third-order valence-electron chi connectivity index (χ3n) is 4.08. The van der Waals surface area contributed by atoms with Crippen LogP contribution in [0.3, 0.4) is 0 Å². The number of ether oxygens (including phenoxy) is 1. The zero-order valence-electron chi connectivity index (χ0n) is 12.4. The van der Waals surface area contributed by atoms with Crippen LogP contribution in [0.4, 0.5) is 5.69 Å². The molecule has 5 nitrogen and oxygen atoms in total. The van der Waals surface area contributed by atoms with Gasteiger partial charge in [0, 0.05) is 12.2 Å². The smallest absolute Gasteiger partial charge is 0.244 e. The second-order valence-corrected chi connectivity index (χ2v) is 7.84. The maximum atomic E-state index is 12.4. The van der Waals surface area contributed by atoms with Gasteiger partial charge in [0.15, 0.2) is 0 Å². The summed E-state index contributed by atoms with van der Waals surface area (Å²) >= 11 is 0. The van der Waals surface area contributed by atoms with Crippen LogP contribution in [0.15, 0.2) is 17.0 Å². The van der Waals surface area contributed by atoms with E-state index in [2.05, 4.69) is 18.6 Å². The minimum atomic E-state index is -3.60. The van der Waals surface area contributed by atoms with Crippen molar-refractivity contribution in [3.05, 3.63) is 17.7 Å². The lowest BCUT2D eigenvalue weighted by Gasteiger charge is -2.13. The number of hydrogen-bond acceptors (Lipinski definition) is 4. The Kier molecular flexibility index (Phi) is 3.73. The van der Waals surface area contributed by atoms with Crippen molar-refractivity contribution in [1.82, 2.24) is 4.72 Å². The molecule has 112 valence electrons. The zero-order valence-corrected chi connectivity index (χ0v) is 13.2. The predicted octanol–water partition coefficient (Wildman–Crippen LogP) is 1.91. The molecule has 20 heavy (non-hydrogen) atoms. The summed E-state index contributed by atoms with van der Waals surface area (Å²) in [6, 6.07) is 3.10. The zero-order chi connectivity index (χ0) is 15.1. The highest BCUT2D eigenvalue weighted by molar-refractivity contribution is 7.89. The Balaban J connectivity index is 2.23. The van der Waals surface area contributed by atoms with E-state index in [4.69, 9.17) is 10.5 Å². The molecule has 1 aliphatic rings. The van der Waals surface area contributed by atoms with Crippen molar-refractivity contribution < 1.29 is 13.2 Å². The van der Waals surface area contributed by atoms with Gasteiger partial charge in [-0.3, -0.25) is 0 Å². The molecule has 1 aromatic rings. The van der Waals surface area contributed by atoms with Gasteiger partial charge in [0.25, 0.3) is 0 Å². The van der Waals surface area contributed by atoms with Crippen LogP contribution in [0.1, 0.15) is 25.8 Å². The number of hydrogen-bond donors (Lipinski definition) is 2. The van der Waals surface area contributed by atoms with Crippen molar-refractivity contribution in [3.63, 3.8) is 0 Å². The molecule has 0 heterocycles. The average Bonchev–Trinajstić information content (AvgIpc) is 2.97. The molecule has 6 heteroatoms. The van der Waals surface area contributed by atoms with E-state index in [9.17, 15) is 8.42 Å². The van der Waals surface area contributed by atoms with E-state index in [0.717, 1.165) is 12.0 Å². The summed E-state index contributed by atoms with van der Waals surface area (Å²) in [5.41, 5.74) is 7.28. The maximum absolute atomic E-state index is 12.4. The van der Waals surface area contributed by atoms with E-state index in [1.54, 1.807) is 6.07 Å². The Morgan fingerprint density at radius 2 is 2.05 bits per heavy atom. The SMILES string of the molecule is COc1cc(C)c(N)cc1S(=O)(=O)NCC1CC1(C)C. The number of nitrogens with one attached hydrogen (secondary N) is 1. The first kappa shape index (κ1) is 15.1. The number of benzene rings is 1. The van der Waals surface area contributed by atoms with Gasteiger partial charge in [0.05, 0.1) is 7.11 Å². The number of nitrogens with two attached hydrogens (primary N) is 1. The van der Waals surface area contributed by atoms with Crippen LogP contribution >= 0.6 is 0 Å². The fraction of sp³-hybridized carbons (Fsp3) is 0.571. The van der Waals surface area contributed by atoms with Crippen LogP contribution < -0.4 is 15.2 Å². The Morgan fingerprint density at radius 3 is 2.55 bits per heavy atom. The molecular formula is C14H22N2O3S. The lowest BCUT2D eigenvalue weighted by Crippen LogP contribution is -2.27. The number of aryl methyl sites for hydroxylation is 1. The first-order chi connectivity index (χ1) is 9.17. The van der Waals surface area contributed by atoms with Crippen LogP contribution in [0.5, 0.6) is 5.75 Å². The summed E-state index contributed by atoms with van der Waals surface area (Å²) in [5, 5.41) is 0. The quantitative estimate of drug-likeness (QED) is 0.814. The van der Waals surface area contributed by atoms with E-state index >= 15 is 0 Å². The van der Waals surface area contributed by atoms with Gasteiger partial charge in [-0.2, -0.15) is 0 Å². The molecule has 3 N–H and O–H groups in total. The summed E-state index contributed by atoms with van der Waals surface area (Å²) in [4.78, 5) is 0.0987. The van der Waals surface area contributed by atoms with Crippen molar-refractivity contribution in [2.24, 2.45) is 11.3 Å². The highest BCUT2D eigenvalue weighted by atomic mass is 32.2. The van der Waals surface area contributed by atoms with Crippen LogP contribution in [-0.4, -0.2) is 22.1 Å². The summed E-state index contributed by atoms with van der Waals surface area (Å²) in [5.74, 6) is 0.713. The molecular weight excluding hydrogens is 276 g/mol. The standard InChI is InChI=1S/C14H22N2O3S/c1-9-5-12(19-4)13(6-11(9)15)20(17,18)16-8-10-7-14(10,2)3/h5-6,10,16H,7-8,15H2,1-4H3.